The van der Waals surface area contributed by atoms with Gasteiger partial charge in [0.25, 0.3) is 0 Å². The number of para-hydroxylation sites is 2. The number of phenols is 2. The van der Waals surface area contributed by atoms with Gasteiger partial charge in [-0.2, -0.15) is 0 Å². The number of hydrogen-bond acceptors (Lipinski definition) is 4. The minimum atomic E-state index is 0.172. The monoisotopic (exact) mass is 544 g/mol. The standard InChI is InChI=1S/C20H14O2.2C9H7N/c21-17-11-9-13-5-1-3-7-15(13)19(17)20-16-8-4-2-6-14(16)10-12-18(20)22;2*1-2-6-9-8(4-1)5-3-7-10-9/h1-12,21-22H;2*1-7H. The van der Waals surface area contributed by atoms with Gasteiger partial charge >= 0.3 is 0 Å². The minimum Gasteiger partial charge on any atom is -0.507 e. The van der Waals surface area contributed by atoms with Crippen LogP contribution in [0.15, 0.2) is 158 Å². The van der Waals surface area contributed by atoms with Gasteiger partial charge in [-0.05, 0) is 57.9 Å². The van der Waals surface area contributed by atoms with Gasteiger partial charge in [0.15, 0.2) is 0 Å². The highest BCUT2D eigenvalue weighted by molar-refractivity contribution is 6.09. The Morgan fingerprint density at radius 2 is 0.690 bits per heavy atom. The maximum Gasteiger partial charge on any atom is 0.124 e. The van der Waals surface area contributed by atoms with Crippen LogP contribution in [0.4, 0.5) is 0 Å². The van der Waals surface area contributed by atoms with Gasteiger partial charge in [0.2, 0.25) is 0 Å². The molecule has 42 heavy (non-hydrogen) atoms. The Hall–Kier alpha value is -5.74. The van der Waals surface area contributed by atoms with Gasteiger partial charge in [-0.25, -0.2) is 0 Å². The zero-order valence-corrected chi connectivity index (χ0v) is 22.8. The molecule has 2 aromatic heterocycles. The van der Waals surface area contributed by atoms with Crippen molar-refractivity contribution in [1.29, 1.82) is 0 Å². The summed E-state index contributed by atoms with van der Waals surface area (Å²) >= 11 is 0. The summed E-state index contributed by atoms with van der Waals surface area (Å²) in [5, 5.41) is 27.2. The van der Waals surface area contributed by atoms with Crippen LogP contribution in [0.2, 0.25) is 0 Å². The van der Waals surface area contributed by atoms with Crippen LogP contribution in [-0.4, -0.2) is 20.2 Å². The molecule has 0 aliphatic carbocycles. The van der Waals surface area contributed by atoms with E-state index in [1.165, 1.54) is 10.8 Å². The molecule has 2 N–H and O–H groups in total. The van der Waals surface area contributed by atoms with E-state index in [-0.39, 0.29) is 11.5 Å². The van der Waals surface area contributed by atoms with Crippen molar-refractivity contribution in [3.8, 4) is 22.6 Å². The van der Waals surface area contributed by atoms with Gasteiger partial charge < -0.3 is 10.2 Å². The number of phenolic OH excluding ortho intramolecular Hbond substituents is 2. The van der Waals surface area contributed by atoms with Crippen molar-refractivity contribution < 1.29 is 10.2 Å². The van der Waals surface area contributed by atoms with Crippen molar-refractivity contribution in [3.63, 3.8) is 0 Å². The van der Waals surface area contributed by atoms with Crippen LogP contribution in [0.25, 0.3) is 54.5 Å². The molecular formula is C38H28N2O2. The molecule has 0 radical (unpaired) electrons. The van der Waals surface area contributed by atoms with E-state index in [4.69, 9.17) is 0 Å². The molecule has 0 bridgehead atoms. The molecule has 0 saturated heterocycles. The van der Waals surface area contributed by atoms with Crippen molar-refractivity contribution in [2.45, 2.75) is 0 Å². The molecule has 8 aromatic rings. The van der Waals surface area contributed by atoms with Gasteiger partial charge in [0, 0.05) is 34.3 Å². The molecular weight excluding hydrogens is 516 g/mol. The van der Waals surface area contributed by atoms with Gasteiger partial charge in [-0.15, -0.1) is 0 Å². The lowest BCUT2D eigenvalue weighted by atomic mass is 9.92. The van der Waals surface area contributed by atoms with E-state index in [2.05, 4.69) is 34.2 Å². The summed E-state index contributed by atoms with van der Waals surface area (Å²) in [6.07, 6.45) is 3.62. The predicted octanol–water partition coefficient (Wildman–Crippen LogP) is 9.54. The van der Waals surface area contributed by atoms with Gasteiger partial charge in [-0.3, -0.25) is 9.97 Å². The molecule has 0 aliphatic heterocycles. The largest absolute Gasteiger partial charge is 0.507 e. The van der Waals surface area contributed by atoms with E-state index in [9.17, 15) is 10.2 Å². The van der Waals surface area contributed by atoms with E-state index in [0.717, 1.165) is 32.6 Å². The summed E-state index contributed by atoms with van der Waals surface area (Å²) in [5.41, 5.74) is 3.47. The Morgan fingerprint density at radius 1 is 0.333 bits per heavy atom. The first-order valence-corrected chi connectivity index (χ1v) is 13.7. The second-order valence-electron chi connectivity index (χ2n) is 9.75. The fourth-order valence-electron chi connectivity index (χ4n) is 5.08. The first-order valence-electron chi connectivity index (χ1n) is 13.7. The molecule has 0 unspecified atom stereocenters. The Bertz CT molecular complexity index is 1850. The summed E-state index contributed by atoms with van der Waals surface area (Å²) < 4.78 is 0. The lowest BCUT2D eigenvalue weighted by Gasteiger charge is -2.14. The molecule has 4 nitrogen and oxygen atoms in total. The van der Waals surface area contributed by atoms with Crippen molar-refractivity contribution >= 4 is 43.4 Å². The van der Waals surface area contributed by atoms with E-state index < -0.39 is 0 Å². The maximum absolute atomic E-state index is 10.4. The van der Waals surface area contributed by atoms with Gasteiger partial charge in [-0.1, -0.05) is 109 Å². The highest BCUT2D eigenvalue weighted by Gasteiger charge is 2.16. The van der Waals surface area contributed by atoms with Crippen LogP contribution < -0.4 is 0 Å². The molecule has 2 heterocycles. The van der Waals surface area contributed by atoms with E-state index in [1.807, 2.05) is 122 Å². The number of nitrogens with zero attached hydrogens (tertiary/aromatic N) is 2. The molecule has 0 amide bonds. The smallest absolute Gasteiger partial charge is 0.124 e. The van der Waals surface area contributed by atoms with Crippen LogP contribution >= 0.6 is 0 Å². The summed E-state index contributed by atoms with van der Waals surface area (Å²) in [4.78, 5) is 8.36. The van der Waals surface area contributed by atoms with Gasteiger partial charge in [0.05, 0.1) is 11.0 Å². The summed E-state index contributed by atoms with van der Waals surface area (Å²) in [6, 6.07) is 47.0. The Morgan fingerprint density at radius 3 is 1.12 bits per heavy atom. The Balaban J connectivity index is 0.000000130. The highest BCUT2D eigenvalue weighted by Crippen LogP contribution is 2.44. The number of hydrogen-bond donors (Lipinski definition) is 2. The van der Waals surface area contributed by atoms with Crippen LogP contribution in [-0.2, 0) is 0 Å². The fourth-order valence-corrected chi connectivity index (χ4v) is 5.08. The lowest BCUT2D eigenvalue weighted by molar-refractivity contribution is 0.470. The molecule has 0 spiro atoms. The van der Waals surface area contributed by atoms with Crippen LogP contribution in [0.1, 0.15) is 0 Å². The van der Waals surface area contributed by atoms with Crippen molar-refractivity contribution in [1.82, 2.24) is 9.97 Å². The average Bonchev–Trinajstić information content (AvgIpc) is 3.06. The first-order chi connectivity index (χ1) is 20.7. The minimum absolute atomic E-state index is 0.172. The first kappa shape index (κ1) is 26.5. The number of aromatic hydroxyl groups is 2. The molecule has 0 atom stereocenters. The molecule has 0 aliphatic rings. The molecule has 202 valence electrons. The summed E-state index contributed by atoms with van der Waals surface area (Å²) in [7, 11) is 0. The third kappa shape index (κ3) is 5.60. The predicted molar refractivity (Wildman–Crippen MR) is 174 cm³/mol. The SMILES string of the molecule is Oc1ccc2ccccc2c1-c1c(O)ccc2ccccc12.c1ccc2ncccc2c1.c1ccc2ncccc2c1. The number of benzene rings is 6. The molecule has 8 rings (SSSR count). The molecule has 4 heteroatoms. The van der Waals surface area contributed by atoms with Gasteiger partial charge in [0.1, 0.15) is 11.5 Å². The fraction of sp³-hybridized carbons (Fsp3) is 0. The highest BCUT2D eigenvalue weighted by atomic mass is 16.3. The van der Waals surface area contributed by atoms with Crippen molar-refractivity contribution in [3.05, 3.63) is 158 Å². The topological polar surface area (TPSA) is 66.2 Å². The zero-order valence-electron chi connectivity index (χ0n) is 22.8. The Kier molecular flexibility index (Phi) is 7.69. The molecule has 6 aromatic carbocycles. The Labute approximate surface area is 243 Å². The summed E-state index contributed by atoms with van der Waals surface area (Å²) in [6.45, 7) is 0. The average molecular weight is 545 g/mol. The number of fused-ring (bicyclic) bond motifs is 4. The number of pyridine rings is 2. The van der Waals surface area contributed by atoms with E-state index in [0.29, 0.717) is 11.1 Å². The normalized spacial score (nSPS) is 10.6. The van der Waals surface area contributed by atoms with Crippen LogP contribution in [0.5, 0.6) is 11.5 Å². The molecule has 0 fully saturated rings. The van der Waals surface area contributed by atoms with Crippen LogP contribution in [0.3, 0.4) is 0 Å². The third-order valence-corrected chi connectivity index (χ3v) is 7.09. The van der Waals surface area contributed by atoms with E-state index in [1.54, 1.807) is 12.1 Å². The number of rotatable bonds is 1. The second-order valence-corrected chi connectivity index (χ2v) is 9.75. The third-order valence-electron chi connectivity index (χ3n) is 7.09. The summed E-state index contributed by atoms with van der Waals surface area (Å²) in [5.74, 6) is 0.343. The zero-order chi connectivity index (χ0) is 28.7. The van der Waals surface area contributed by atoms with Crippen LogP contribution in [0, 0.1) is 0 Å². The van der Waals surface area contributed by atoms with Crippen molar-refractivity contribution in [2.75, 3.05) is 0 Å². The number of aromatic nitrogens is 2. The van der Waals surface area contributed by atoms with E-state index >= 15 is 0 Å². The second kappa shape index (κ2) is 12.2. The van der Waals surface area contributed by atoms with Crippen molar-refractivity contribution in [2.24, 2.45) is 0 Å². The quantitative estimate of drug-likeness (QED) is 0.216. The lowest BCUT2D eigenvalue weighted by Crippen LogP contribution is -1.86. The maximum atomic E-state index is 10.4. The molecule has 0 saturated carbocycles.